The maximum Gasteiger partial charge on any atom is 1.00 e. The van der Waals surface area contributed by atoms with E-state index in [0.717, 1.165) is 0 Å². The molecule has 0 saturated heterocycles. The maximum absolute atomic E-state index is 9.57. The molecule has 0 aromatic rings. The van der Waals surface area contributed by atoms with Gasteiger partial charge >= 0.3 is 29.6 Å². The molecule has 0 bridgehead atoms. The van der Waals surface area contributed by atoms with Crippen LogP contribution >= 0.6 is 0 Å². The predicted octanol–water partition coefficient (Wildman–Crippen LogP) is -5.15. The van der Waals surface area contributed by atoms with E-state index in [9.17, 15) is 13.0 Å². The summed E-state index contributed by atoms with van der Waals surface area (Å²) in [6, 6.07) is 0. The van der Waals surface area contributed by atoms with Crippen LogP contribution in [0.25, 0.3) is 0 Å². The molecule has 0 heterocycles. The first-order valence-electron chi connectivity index (χ1n) is 1.71. The van der Waals surface area contributed by atoms with Crippen molar-refractivity contribution in [2.75, 3.05) is 5.75 Å². The molecule has 5 nitrogen and oxygen atoms in total. The van der Waals surface area contributed by atoms with Crippen LogP contribution in [0.5, 0.6) is 0 Å². The molecule has 0 fully saturated rings. The van der Waals surface area contributed by atoms with E-state index in [1.807, 2.05) is 0 Å². The standard InChI is InChI=1S/C2H6O5S.Na/c3-2(4)1-8(5,6)7;/h2-4H,1H2,(H,5,6,7);/q;+1/p-1. The molecule has 0 amide bonds. The minimum absolute atomic E-state index is 0. The molecule has 0 aliphatic carbocycles. The Kier molecular flexibility index (Phi) is 6.41. The normalized spacial score (nSPS) is 11.1. The Bertz CT molecular complexity index is 148. The molecule has 0 radical (unpaired) electrons. The van der Waals surface area contributed by atoms with Crippen molar-refractivity contribution in [3.05, 3.63) is 0 Å². The zero-order valence-electron chi connectivity index (χ0n) is 4.81. The van der Waals surface area contributed by atoms with Gasteiger partial charge in [0.05, 0.1) is 15.9 Å². The Morgan fingerprint density at radius 1 is 1.44 bits per heavy atom. The fraction of sp³-hybridized carbons (Fsp3) is 1.00. The van der Waals surface area contributed by atoms with Gasteiger partial charge in [0.25, 0.3) is 0 Å². The van der Waals surface area contributed by atoms with Crippen molar-refractivity contribution < 1.29 is 52.7 Å². The minimum Gasteiger partial charge on any atom is -0.748 e. The molecule has 0 saturated carbocycles. The number of aliphatic hydroxyl groups is 2. The summed E-state index contributed by atoms with van der Waals surface area (Å²) in [7, 11) is -4.47. The first-order valence-corrected chi connectivity index (χ1v) is 3.29. The van der Waals surface area contributed by atoms with Gasteiger partial charge in [0, 0.05) is 0 Å². The van der Waals surface area contributed by atoms with Gasteiger partial charge in [0.2, 0.25) is 0 Å². The van der Waals surface area contributed by atoms with Crippen molar-refractivity contribution >= 4 is 10.1 Å². The van der Waals surface area contributed by atoms with Gasteiger partial charge in [-0.2, -0.15) is 0 Å². The smallest absolute Gasteiger partial charge is 0.748 e. The van der Waals surface area contributed by atoms with E-state index >= 15 is 0 Å². The fourth-order valence-electron chi connectivity index (χ4n) is 0.183. The molecule has 0 aromatic carbocycles. The SMILES string of the molecule is O=S(=O)([O-])CC(O)O.[Na+]. The zero-order chi connectivity index (χ0) is 6.78. The quantitative estimate of drug-likeness (QED) is 0.241. The van der Waals surface area contributed by atoms with Crippen LogP contribution in [-0.4, -0.2) is 35.2 Å². The van der Waals surface area contributed by atoms with Crippen molar-refractivity contribution in [3.8, 4) is 0 Å². The molecular formula is C2H5NaO5S. The fourth-order valence-corrected chi connectivity index (χ4v) is 0.548. The first kappa shape index (κ1) is 12.5. The number of hydrogen-bond acceptors (Lipinski definition) is 5. The summed E-state index contributed by atoms with van der Waals surface area (Å²) in [5.74, 6) is -1.15. The van der Waals surface area contributed by atoms with Crippen molar-refractivity contribution in [2.24, 2.45) is 0 Å². The molecule has 50 valence electrons. The van der Waals surface area contributed by atoms with Crippen LogP contribution in [0.4, 0.5) is 0 Å². The average Bonchev–Trinajstić information content (AvgIpc) is 1.21. The van der Waals surface area contributed by atoms with E-state index in [-0.39, 0.29) is 29.6 Å². The first-order chi connectivity index (χ1) is 3.42. The minimum atomic E-state index is -4.47. The topological polar surface area (TPSA) is 97.7 Å². The van der Waals surface area contributed by atoms with E-state index in [1.165, 1.54) is 0 Å². The number of hydrogen-bond donors (Lipinski definition) is 2. The molecule has 0 atom stereocenters. The maximum atomic E-state index is 9.57. The second-order valence-corrected chi connectivity index (χ2v) is 2.65. The van der Waals surface area contributed by atoms with Crippen LogP contribution in [0.1, 0.15) is 0 Å². The van der Waals surface area contributed by atoms with E-state index in [0.29, 0.717) is 0 Å². The van der Waals surface area contributed by atoms with Crippen LogP contribution in [0.3, 0.4) is 0 Å². The Hall–Kier alpha value is 0.830. The van der Waals surface area contributed by atoms with Gasteiger partial charge in [0.15, 0.2) is 6.29 Å². The summed E-state index contributed by atoms with van der Waals surface area (Å²) in [5, 5.41) is 15.7. The second-order valence-electron chi connectivity index (χ2n) is 1.20. The third-order valence-electron chi connectivity index (χ3n) is 0.353. The van der Waals surface area contributed by atoms with Crippen LogP contribution < -0.4 is 29.6 Å². The Balaban J connectivity index is 0. The van der Waals surface area contributed by atoms with E-state index in [2.05, 4.69) is 0 Å². The summed E-state index contributed by atoms with van der Waals surface area (Å²) < 4.78 is 28.7. The number of rotatable bonds is 2. The average molecular weight is 164 g/mol. The van der Waals surface area contributed by atoms with Crippen molar-refractivity contribution in [3.63, 3.8) is 0 Å². The molecule has 0 rings (SSSR count). The summed E-state index contributed by atoms with van der Waals surface area (Å²) >= 11 is 0. The van der Waals surface area contributed by atoms with Crippen molar-refractivity contribution in [1.82, 2.24) is 0 Å². The van der Waals surface area contributed by atoms with Crippen molar-refractivity contribution in [1.29, 1.82) is 0 Å². The molecule has 0 aromatic heterocycles. The van der Waals surface area contributed by atoms with Crippen LogP contribution in [0, 0.1) is 0 Å². The summed E-state index contributed by atoms with van der Waals surface area (Å²) in [6.45, 7) is 0. The number of aliphatic hydroxyl groups excluding tert-OH is 1. The van der Waals surface area contributed by atoms with Gasteiger partial charge in [-0.1, -0.05) is 0 Å². The van der Waals surface area contributed by atoms with Gasteiger partial charge in [0.1, 0.15) is 0 Å². The Morgan fingerprint density at radius 3 is 1.78 bits per heavy atom. The van der Waals surface area contributed by atoms with Gasteiger partial charge < -0.3 is 14.8 Å². The Morgan fingerprint density at radius 2 is 1.78 bits per heavy atom. The monoisotopic (exact) mass is 164 g/mol. The molecule has 0 unspecified atom stereocenters. The van der Waals surface area contributed by atoms with E-state index < -0.39 is 22.2 Å². The molecule has 7 heteroatoms. The van der Waals surface area contributed by atoms with E-state index in [4.69, 9.17) is 10.2 Å². The molecule has 2 N–H and O–H groups in total. The largest absolute Gasteiger partial charge is 1.00 e. The third kappa shape index (κ3) is 12.1. The van der Waals surface area contributed by atoms with E-state index in [1.54, 1.807) is 0 Å². The molecular weight excluding hydrogens is 159 g/mol. The third-order valence-corrected chi connectivity index (χ3v) is 1.06. The van der Waals surface area contributed by atoms with Gasteiger partial charge in [-0.05, 0) is 0 Å². The summed E-state index contributed by atoms with van der Waals surface area (Å²) in [4.78, 5) is 0. The molecule has 0 aliphatic rings. The van der Waals surface area contributed by atoms with Crippen LogP contribution in [0.15, 0.2) is 0 Å². The van der Waals surface area contributed by atoms with Gasteiger partial charge in [-0.25, -0.2) is 8.42 Å². The molecule has 0 spiro atoms. The van der Waals surface area contributed by atoms with Crippen molar-refractivity contribution in [2.45, 2.75) is 6.29 Å². The van der Waals surface area contributed by atoms with Gasteiger partial charge in [-0.15, -0.1) is 0 Å². The van der Waals surface area contributed by atoms with Crippen LogP contribution in [0.2, 0.25) is 0 Å². The molecule has 9 heavy (non-hydrogen) atoms. The Labute approximate surface area is 74.7 Å². The summed E-state index contributed by atoms with van der Waals surface area (Å²) in [6.07, 6.45) is -2.06. The summed E-state index contributed by atoms with van der Waals surface area (Å²) in [5.41, 5.74) is 0. The van der Waals surface area contributed by atoms with Crippen LogP contribution in [-0.2, 0) is 10.1 Å². The predicted molar refractivity (Wildman–Crippen MR) is 22.8 cm³/mol. The van der Waals surface area contributed by atoms with Gasteiger partial charge in [-0.3, -0.25) is 0 Å². The molecule has 0 aliphatic heterocycles. The zero-order valence-corrected chi connectivity index (χ0v) is 7.63. The second kappa shape index (κ2) is 4.62.